The van der Waals surface area contributed by atoms with E-state index in [9.17, 15) is 0 Å². The molecule has 2 rings (SSSR count). The summed E-state index contributed by atoms with van der Waals surface area (Å²) in [5.74, 6) is 0. The van der Waals surface area contributed by atoms with Crippen LogP contribution in [0.4, 0.5) is 0 Å². The van der Waals surface area contributed by atoms with E-state index in [0.717, 1.165) is 22.1 Å². The van der Waals surface area contributed by atoms with Crippen LogP contribution in [-0.4, -0.2) is 147 Å². The number of rotatable bonds is 4. The normalized spacial score (nSPS) is 9.79. The van der Waals surface area contributed by atoms with Crippen LogP contribution in [0.15, 0.2) is 60.7 Å². The predicted molar refractivity (Wildman–Crippen MR) is 221 cm³/mol. The Morgan fingerprint density at radius 3 is 0.583 bits per heavy atom. The molecule has 0 aliphatic rings. The topological polar surface area (TPSA) is 0 Å². The number of nitrogens with zero attached hydrogens (tertiary/aromatic N) is 2. The molecule has 48 heavy (non-hydrogen) atoms. The Morgan fingerprint density at radius 2 is 0.479 bits per heavy atom. The van der Waals surface area contributed by atoms with Gasteiger partial charge in [0, 0.05) is 11.1 Å². The Bertz CT molecular complexity index is 697. The second-order valence-corrected chi connectivity index (χ2v) is 26.0. The number of benzene rings is 2. The van der Waals surface area contributed by atoms with Gasteiger partial charge in [0.15, 0.2) is 0 Å². The molecular weight excluding hydrogens is 1070 g/mol. The van der Waals surface area contributed by atoms with Crippen LogP contribution in [0.3, 0.4) is 0 Å². The fourth-order valence-corrected chi connectivity index (χ4v) is 2.26. The molecule has 0 heterocycles. The van der Waals surface area contributed by atoms with Gasteiger partial charge in [-0.2, -0.15) is 0 Å². The van der Waals surface area contributed by atoms with E-state index in [-0.39, 0.29) is 34.1 Å². The first-order valence-corrected chi connectivity index (χ1v) is 22.1. The van der Waals surface area contributed by atoms with E-state index in [4.69, 9.17) is 0 Å². The van der Waals surface area contributed by atoms with E-state index in [2.05, 4.69) is 282 Å². The van der Waals surface area contributed by atoms with Crippen LogP contribution in [0.25, 0.3) is 0 Å². The van der Waals surface area contributed by atoms with Crippen molar-refractivity contribution in [2.24, 2.45) is 0 Å². The minimum absolute atomic E-state index is 0. The van der Waals surface area contributed by atoms with Gasteiger partial charge in [0.1, 0.15) is 13.1 Å². The van der Waals surface area contributed by atoms with Crippen LogP contribution in [-0.2, 0) is 47.2 Å². The number of quaternary nitrogens is 2. The molecule has 2 aromatic rings. The zero-order valence-electron chi connectivity index (χ0n) is 33.7. The van der Waals surface area contributed by atoms with Crippen LogP contribution in [0, 0.1) is 0 Å². The van der Waals surface area contributed by atoms with E-state index >= 15 is 0 Å². The molecule has 0 saturated heterocycles. The van der Waals surface area contributed by atoms with Crippen molar-refractivity contribution in [3.63, 3.8) is 0 Å². The molecule has 2 aromatic carbocycles. The van der Waals surface area contributed by atoms with Gasteiger partial charge in [-0.05, 0) is 0 Å². The molecule has 0 bridgehead atoms. The van der Waals surface area contributed by atoms with Crippen molar-refractivity contribution in [2.75, 3.05) is 42.3 Å². The average Bonchev–Trinajstić information content (AvgIpc) is 2.76. The quantitative estimate of drug-likeness (QED) is 0.212. The van der Waals surface area contributed by atoms with Crippen molar-refractivity contribution >= 4 is 96.1 Å². The van der Waals surface area contributed by atoms with Gasteiger partial charge in [-0.15, -0.1) is 0 Å². The third-order valence-corrected chi connectivity index (χ3v) is 3.00. The molecule has 0 radical (unpaired) electrons. The van der Waals surface area contributed by atoms with Crippen LogP contribution in [0.1, 0.15) is 94.2 Å². The average molecular weight is 1140 g/mol. The first-order valence-electron chi connectivity index (χ1n) is 16.2. The fourth-order valence-electron chi connectivity index (χ4n) is 2.26. The van der Waals surface area contributed by atoms with Gasteiger partial charge in [-0.3, -0.25) is 0 Å². The van der Waals surface area contributed by atoms with Crippen molar-refractivity contribution in [2.45, 2.75) is 125 Å². The van der Waals surface area contributed by atoms with E-state index in [1.165, 1.54) is 11.1 Å². The summed E-state index contributed by atoms with van der Waals surface area (Å²) >= 11 is 17.4. The Kier molecular flexibility index (Phi) is 65.2. The van der Waals surface area contributed by atoms with Crippen LogP contribution in [0.5, 0.6) is 0 Å². The van der Waals surface area contributed by atoms with E-state index in [1.807, 2.05) is 0 Å². The third-order valence-electron chi connectivity index (χ3n) is 3.00. The second-order valence-electron chi connectivity index (χ2n) is 14.2. The molecule has 0 unspecified atom stereocenters. The van der Waals surface area contributed by atoms with Gasteiger partial charge in [-0.1, -0.05) is 60.7 Å². The van der Waals surface area contributed by atoms with Gasteiger partial charge in [0.05, 0.1) is 42.3 Å². The van der Waals surface area contributed by atoms with Gasteiger partial charge in [0.2, 0.25) is 0 Å². The SMILES string of the molecule is CC(C)[Se-].CC(C)[Se-].CC(C)[Se-].CC(C)[Se-].CC(C)[Se-].CC(C)[Se-].C[N+](C)(C)Cc1ccccc1.C[N+](C)(C)Cc1ccccc1.[Fe+2].[Fe+2]. The van der Waals surface area contributed by atoms with Crippen LogP contribution < -0.4 is 0 Å². The minimum Gasteiger partial charge on any atom is -0.327 e. The Balaban J connectivity index is -0.0000000669. The fraction of sp³-hybridized carbons (Fsp3) is 0.684. The zero-order chi connectivity index (χ0) is 38.1. The van der Waals surface area contributed by atoms with Crippen LogP contribution in [0.2, 0.25) is 28.9 Å². The molecule has 0 fully saturated rings. The summed E-state index contributed by atoms with van der Waals surface area (Å²) in [5.41, 5.74) is 2.81. The standard InChI is InChI=1S/2C10H16N.6C3H8Se.2Fe/c2*1-11(2,3)9-10-7-5-4-6-8-10;6*1-3(2)4;;/h2*4-8H,9H2,1-3H3;6*3-4H,1-2H3;;/q2*+1;;;;;;;2*+2/p-6. The van der Waals surface area contributed by atoms with Crippen molar-refractivity contribution in [1.82, 2.24) is 0 Å². The number of hydrogen-bond acceptors (Lipinski definition) is 0. The maximum absolute atomic E-state index is 2.90. The summed E-state index contributed by atoms with van der Waals surface area (Å²) in [4.78, 5) is 4.25. The van der Waals surface area contributed by atoms with Gasteiger partial charge in [0.25, 0.3) is 0 Å². The van der Waals surface area contributed by atoms with Crippen molar-refractivity contribution in [1.29, 1.82) is 0 Å². The monoisotopic (exact) mass is 1150 g/mol. The van der Waals surface area contributed by atoms with Crippen molar-refractivity contribution in [3.05, 3.63) is 71.8 Å². The molecule has 0 saturated carbocycles. The van der Waals surface area contributed by atoms with E-state index in [1.54, 1.807) is 0 Å². The van der Waals surface area contributed by atoms with Gasteiger partial charge < -0.3 is 8.97 Å². The van der Waals surface area contributed by atoms with Gasteiger partial charge in [-0.25, -0.2) is 0 Å². The molecule has 288 valence electrons. The first-order chi connectivity index (χ1) is 20.5. The summed E-state index contributed by atoms with van der Waals surface area (Å²) in [6.45, 7) is 27.5. The molecule has 0 aliphatic carbocycles. The van der Waals surface area contributed by atoms with Crippen molar-refractivity contribution in [3.8, 4) is 0 Å². The Labute approximate surface area is 374 Å². The molecule has 2 nitrogen and oxygen atoms in total. The Hall–Kier alpha value is 2.52. The summed E-state index contributed by atoms with van der Waals surface area (Å²) < 4.78 is 1.98. The number of hydrogen-bond donors (Lipinski definition) is 0. The molecule has 0 amide bonds. The molecule has 0 aromatic heterocycles. The van der Waals surface area contributed by atoms with Crippen molar-refractivity contribution < 1.29 is 43.1 Å². The Morgan fingerprint density at radius 1 is 0.354 bits per heavy atom. The molecule has 0 atom stereocenters. The maximum Gasteiger partial charge on any atom is 2.00 e. The molecule has 0 aliphatic heterocycles. The summed E-state index contributed by atoms with van der Waals surface area (Å²) in [7, 11) is 13.2. The molecule has 0 spiro atoms. The second kappa shape index (κ2) is 45.7. The summed E-state index contributed by atoms with van der Waals surface area (Å²) in [5, 5.41) is 0. The zero-order valence-corrected chi connectivity index (χ0v) is 46.2. The largest absolute Gasteiger partial charge is 2.00 e. The first kappa shape index (κ1) is 68.5. The van der Waals surface area contributed by atoms with Crippen LogP contribution >= 0.6 is 0 Å². The minimum atomic E-state index is 0. The smallest absolute Gasteiger partial charge is 0.327 e. The van der Waals surface area contributed by atoms with E-state index < -0.39 is 0 Å². The molecular formula is C38H74Fe2N2Se6. The molecule has 0 N–H and O–H groups in total. The molecule has 10 heteroatoms. The third kappa shape index (κ3) is 135. The summed E-state index contributed by atoms with van der Waals surface area (Å²) in [6.07, 6.45) is 0. The van der Waals surface area contributed by atoms with Gasteiger partial charge >= 0.3 is 242 Å². The predicted octanol–water partition coefficient (Wildman–Crippen LogP) is 9.68. The summed E-state index contributed by atoms with van der Waals surface area (Å²) in [6, 6.07) is 21.1. The van der Waals surface area contributed by atoms with E-state index in [0.29, 0.717) is 28.9 Å². The maximum atomic E-state index is 2.90.